The van der Waals surface area contributed by atoms with Crippen molar-refractivity contribution in [3.63, 3.8) is 0 Å². The Labute approximate surface area is 129 Å². The second-order valence-corrected chi connectivity index (χ2v) is 5.90. The molecule has 2 N–H and O–H groups in total. The van der Waals surface area contributed by atoms with Crippen molar-refractivity contribution in [1.29, 1.82) is 0 Å². The number of halogens is 1. The minimum atomic E-state index is -0.0203. The molecule has 1 aliphatic heterocycles. The normalized spacial score (nSPS) is 13.9. The maximum absolute atomic E-state index is 12.6. The molecular formula is C17H17ClN2O. The largest absolute Gasteiger partial charge is 0.399 e. The van der Waals surface area contributed by atoms with Crippen LogP contribution >= 0.6 is 11.6 Å². The van der Waals surface area contributed by atoms with Crippen molar-refractivity contribution in [3.05, 3.63) is 63.7 Å². The zero-order chi connectivity index (χ0) is 15.0. The third kappa shape index (κ3) is 2.74. The number of benzene rings is 2. The molecule has 0 aromatic heterocycles. The first kappa shape index (κ1) is 14.0. The van der Waals surface area contributed by atoms with Gasteiger partial charge in [0, 0.05) is 18.8 Å². The first-order valence-electron chi connectivity index (χ1n) is 6.97. The summed E-state index contributed by atoms with van der Waals surface area (Å²) in [7, 11) is 0. The zero-order valence-corrected chi connectivity index (χ0v) is 12.7. The molecule has 0 spiro atoms. The highest BCUT2D eigenvalue weighted by Gasteiger charge is 2.23. The van der Waals surface area contributed by atoms with E-state index in [0.717, 1.165) is 23.2 Å². The Morgan fingerprint density at radius 1 is 1.19 bits per heavy atom. The number of anilines is 1. The van der Waals surface area contributed by atoms with E-state index >= 15 is 0 Å². The van der Waals surface area contributed by atoms with Crippen molar-refractivity contribution in [2.75, 3.05) is 12.3 Å². The van der Waals surface area contributed by atoms with Crippen LogP contribution in [0.15, 0.2) is 36.4 Å². The van der Waals surface area contributed by atoms with Gasteiger partial charge in [-0.15, -0.1) is 0 Å². The first-order valence-corrected chi connectivity index (χ1v) is 7.35. The molecule has 1 aliphatic rings. The van der Waals surface area contributed by atoms with E-state index in [9.17, 15) is 4.79 Å². The van der Waals surface area contributed by atoms with Crippen LogP contribution in [0.2, 0.25) is 5.02 Å². The van der Waals surface area contributed by atoms with Gasteiger partial charge in [0.05, 0.1) is 10.6 Å². The molecule has 108 valence electrons. The van der Waals surface area contributed by atoms with Gasteiger partial charge < -0.3 is 10.6 Å². The first-order chi connectivity index (χ1) is 10.0. The van der Waals surface area contributed by atoms with E-state index in [2.05, 4.69) is 0 Å². The number of fused-ring (bicyclic) bond motifs is 1. The summed E-state index contributed by atoms with van der Waals surface area (Å²) in [5.41, 5.74) is 10.6. The summed E-state index contributed by atoms with van der Waals surface area (Å²) in [6.07, 6.45) is 0.852. The number of amides is 1. The predicted octanol–water partition coefficient (Wildman–Crippen LogP) is 3.43. The lowest BCUT2D eigenvalue weighted by molar-refractivity contribution is 0.0735. The van der Waals surface area contributed by atoms with Crippen LogP contribution in [0, 0.1) is 6.92 Å². The summed E-state index contributed by atoms with van der Waals surface area (Å²) in [4.78, 5) is 14.5. The van der Waals surface area contributed by atoms with Gasteiger partial charge in [0.15, 0.2) is 0 Å². The second-order valence-electron chi connectivity index (χ2n) is 5.49. The van der Waals surface area contributed by atoms with Crippen LogP contribution in [0.25, 0.3) is 0 Å². The lowest BCUT2D eigenvalue weighted by atomic mass is 9.98. The molecule has 0 unspecified atom stereocenters. The predicted molar refractivity (Wildman–Crippen MR) is 85.5 cm³/mol. The molecule has 2 aromatic carbocycles. The van der Waals surface area contributed by atoms with Crippen molar-refractivity contribution < 1.29 is 4.79 Å². The molecule has 0 saturated carbocycles. The van der Waals surface area contributed by atoms with E-state index in [-0.39, 0.29) is 5.91 Å². The smallest absolute Gasteiger partial charge is 0.255 e. The molecule has 4 heteroatoms. The SMILES string of the molecule is Cc1ccc(C(=O)N2CCc3ccc(N)cc3C2)c(Cl)c1. The van der Waals surface area contributed by atoms with Gasteiger partial charge in [-0.3, -0.25) is 4.79 Å². The molecule has 21 heavy (non-hydrogen) atoms. The number of carbonyl (C=O) groups excluding carboxylic acids is 1. The van der Waals surface area contributed by atoms with Gasteiger partial charge in [-0.2, -0.15) is 0 Å². The minimum absolute atomic E-state index is 0.0203. The number of aryl methyl sites for hydroxylation is 1. The number of hydrogen-bond donors (Lipinski definition) is 1. The second kappa shape index (κ2) is 5.41. The van der Waals surface area contributed by atoms with Gasteiger partial charge in [0.25, 0.3) is 5.91 Å². The summed E-state index contributed by atoms with van der Waals surface area (Å²) < 4.78 is 0. The summed E-state index contributed by atoms with van der Waals surface area (Å²) >= 11 is 6.20. The number of nitrogens with two attached hydrogens (primary N) is 1. The zero-order valence-electron chi connectivity index (χ0n) is 11.9. The van der Waals surface area contributed by atoms with E-state index in [1.54, 1.807) is 6.07 Å². The highest BCUT2D eigenvalue weighted by atomic mass is 35.5. The molecule has 2 aromatic rings. The summed E-state index contributed by atoms with van der Waals surface area (Å²) in [6.45, 7) is 3.25. The van der Waals surface area contributed by atoms with E-state index in [0.29, 0.717) is 23.7 Å². The maximum Gasteiger partial charge on any atom is 0.255 e. The third-order valence-corrected chi connectivity index (χ3v) is 4.20. The maximum atomic E-state index is 12.6. The van der Waals surface area contributed by atoms with Crippen LogP contribution in [0.4, 0.5) is 5.69 Å². The minimum Gasteiger partial charge on any atom is -0.399 e. The fourth-order valence-corrected chi connectivity index (χ4v) is 3.03. The molecule has 0 bridgehead atoms. The lowest BCUT2D eigenvalue weighted by Gasteiger charge is -2.29. The molecule has 3 rings (SSSR count). The monoisotopic (exact) mass is 300 g/mol. The average Bonchev–Trinajstić information content (AvgIpc) is 2.46. The molecule has 0 atom stereocenters. The van der Waals surface area contributed by atoms with Crippen LogP contribution in [-0.2, 0) is 13.0 Å². The van der Waals surface area contributed by atoms with Crippen LogP contribution in [0.1, 0.15) is 27.0 Å². The van der Waals surface area contributed by atoms with Gasteiger partial charge in [-0.1, -0.05) is 23.7 Å². The Balaban J connectivity index is 1.87. The van der Waals surface area contributed by atoms with Gasteiger partial charge in [0.1, 0.15) is 0 Å². The number of rotatable bonds is 1. The van der Waals surface area contributed by atoms with Crippen LogP contribution in [-0.4, -0.2) is 17.4 Å². The molecule has 0 radical (unpaired) electrons. The Hall–Kier alpha value is -2.00. The van der Waals surface area contributed by atoms with E-state index in [1.807, 2.05) is 42.2 Å². The standard InChI is InChI=1S/C17H17ClN2O/c1-11-2-5-15(16(18)8-11)17(21)20-7-6-12-3-4-14(19)9-13(12)10-20/h2-5,8-9H,6-7,10,19H2,1H3. The Bertz CT molecular complexity index is 712. The molecule has 0 aliphatic carbocycles. The van der Waals surface area contributed by atoms with E-state index in [4.69, 9.17) is 17.3 Å². The van der Waals surface area contributed by atoms with Gasteiger partial charge in [-0.05, 0) is 54.3 Å². The summed E-state index contributed by atoms with van der Waals surface area (Å²) in [5, 5.41) is 0.512. The van der Waals surface area contributed by atoms with Crippen LogP contribution < -0.4 is 5.73 Å². The fourth-order valence-electron chi connectivity index (χ4n) is 2.71. The molecule has 0 saturated heterocycles. The van der Waals surface area contributed by atoms with Crippen molar-refractivity contribution in [2.45, 2.75) is 19.9 Å². The Morgan fingerprint density at radius 3 is 2.76 bits per heavy atom. The van der Waals surface area contributed by atoms with Crippen LogP contribution in [0.5, 0.6) is 0 Å². The Morgan fingerprint density at radius 2 is 2.00 bits per heavy atom. The quantitative estimate of drug-likeness (QED) is 0.820. The average molecular weight is 301 g/mol. The number of hydrogen-bond acceptors (Lipinski definition) is 2. The number of carbonyl (C=O) groups is 1. The van der Waals surface area contributed by atoms with E-state index in [1.165, 1.54) is 5.56 Å². The molecular weight excluding hydrogens is 284 g/mol. The molecule has 1 amide bonds. The van der Waals surface area contributed by atoms with Crippen molar-refractivity contribution in [2.24, 2.45) is 0 Å². The topological polar surface area (TPSA) is 46.3 Å². The molecule has 0 fully saturated rings. The van der Waals surface area contributed by atoms with Crippen molar-refractivity contribution in [3.8, 4) is 0 Å². The van der Waals surface area contributed by atoms with Crippen molar-refractivity contribution >= 4 is 23.2 Å². The van der Waals surface area contributed by atoms with Gasteiger partial charge in [0.2, 0.25) is 0 Å². The summed E-state index contributed by atoms with van der Waals surface area (Å²) in [6, 6.07) is 11.4. The van der Waals surface area contributed by atoms with Gasteiger partial charge >= 0.3 is 0 Å². The van der Waals surface area contributed by atoms with Crippen molar-refractivity contribution in [1.82, 2.24) is 4.90 Å². The third-order valence-electron chi connectivity index (χ3n) is 3.88. The number of nitrogen functional groups attached to an aromatic ring is 1. The highest BCUT2D eigenvalue weighted by molar-refractivity contribution is 6.33. The van der Waals surface area contributed by atoms with Gasteiger partial charge in [-0.25, -0.2) is 0 Å². The fraction of sp³-hybridized carbons (Fsp3) is 0.235. The van der Waals surface area contributed by atoms with Crippen LogP contribution in [0.3, 0.4) is 0 Å². The summed E-state index contributed by atoms with van der Waals surface area (Å²) in [5.74, 6) is -0.0203. The van der Waals surface area contributed by atoms with E-state index < -0.39 is 0 Å². The molecule has 3 nitrogen and oxygen atoms in total. The lowest BCUT2D eigenvalue weighted by Crippen LogP contribution is -2.36. The Kier molecular flexibility index (Phi) is 3.60. The number of nitrogens with zero attached hydrogens (tertiary/aromatic N) is 1. The highest BCUT2D eigenvalue weighted by Crippen LogP contribution is 2.25. The molecule has 1 heterocycles.